The molecular formula is C31H38N4O5. The third-order valence-corrected chi connectivity index (χ3v) is 7.43. The Bertz CT molecular complexity index is 1410. The molecule has 1 aliphatic rings. The van der Waals surface area contributed by atoms with Crippen LogP contribution in [-0.4, -0.2) is 69.5 Å². The predicted octanol–water partition coefficient (Wildman–Crippen LogP) is 3.70. The third kappa shape index (κ3) is 5.70. The van der Waals surface area contributed by atoms with Crippen LogP contribution in [0.5, 0.6) is 5.75 Å². The molecule has 1 unspecified atom stereocenters. The molecule has 0 aliphatic carbocycles. The Balaban J connectivity index is 1.42. The number of ether oxygens (including phenoxy) is 2. The fraction of sp³-hybridized carbons (Fsp3) is 0.387. The molecule has 1 aliphatic heterocycles. The largest absolute Gasteiger partial charge is 0.493 e. The lowest BCUT2D eigenvalue weighted by Crippen LogP contribution is -2.44. The summed E-state index contributed by atoms with van der Waals surface area (Å²) in [5.41, 5.74) is 2.94. The van der Waals surface area contributed by atoms with E-state index >= 15 is 0 Å². The highest BCUT2D eigenvalue weighted by atomic mass is 16.6. The molecule has 5 rings (SSSR count). The van der Waals surface area contributed by atoms with Crippen molar-refractivity contribution >= 4 is 17.0 Å². The lowest BCUT2D eigenvalue weighted by molar-refractivity contribution is -0.0939. The summed E-state index contributed by atoms with van der Waals surface area (Å²) in [4.78, 5) is 4.76. The molecule has 0 radical (unpaired) electrons. The number of imidazole rings is 1. The van der Waals surface area contributed by atoms with E-state index in [9.17, 15) is 15.3 Å². The van der Waals surface area contributed by atoms with E-state index < -0.39 is 30.6 Å². The average Bonchev–Trinajstić information content (AvgIpc) is 3.45. The predicted molar refractivity (Wildman–Crippen MR) is 155 cm³/mol. The summed E-state index contributed by atoms with van der Waals surface area (Å²) < 4.78 is 14.0. The second-order valence-electron chi connectivity index (χ2n) is 10.4. The summed E-state index contributed by atoms with van der Waals surface area (Å²) in [7, 11) is 1.95. The number of unbranched alkanes of at least 4 members (excludes halogenated alkanes) is 1. The van der Waals surface area contributed by atoms with Gasteiger partial charge in [0, 0.05) is 12.1 Å². The van der Waals surface area contributed by atoms with Gasteiger partial charge in [0.2, 0.25) is 5.95 Å². The molecule has 9 nitrogen and oxygen atoms in total. The number of hydrogen-bond donors (Lipinski definition) is 5. The number of rotatable bonds is 12. The number of benzene rings is 3. The normalized spacial score (nSPS) is 22.6. The number of aromatic nitrogens is 2. The number of fused-ring (bicyclic) bond motifs is 1. The molecule has 0 bridgehead atoms. The van der Waals surface area contributed by atoms with E-state index in [2.05, 4.69) is 34.9 Å². The maximum absolute atomic E-state index is 11.2. The maximum Gasteiger partial charge on any atom is 0.206 e. The minimum absolute atomic E-state index is 0.408. The molecule has 1 fully saturated rings. The van der Waals surface area contributed by atoms with Gasteiger partial charge in [-0.2, -0.15) is 0 Å². The van der Waals surface area contributed by atoms with Crippen molar-refractivity contribution in [2.24, 2.45) is 0 Å². The smallest absolute Gasteiger partial charge is 0.206 e. The molecule has 0 saturated carbocycles. The van der Waals surface area contributed by atoms with E-state index in [0.717, 1.165) is 52.9 Å². The number of para-hydroxylation sites is 2. The van der Waals surface area contributed by atoms with Gasteiger partial charge in [0.25, 0.3) is 0 Å². The lowest BCUT2D eigenvalue weighted by atomic mass is 9.96. The van der Waals surface area contributed by atoms with Crippen LogP contribution in [0.1, 0.15) is 31.6 Å². The van der Waals surface area contributed by atoms with Crippen LogP contribution in [0, 0.1) is 0 Å². The van der Waals surface area contributed by atoms with Gasteiger partial charge in [0.05, 0.1) is 24.2 Å². The zero-order valence-corrected chi connectivity index (χ0v) is 23.0. The van der Waals surface area contributed by atoms with Crippen LogP contribution >= 0.6 is 0 Å². The molecule has 1 saturated heterocycles. The van der Waals surface area contributed by atoms with Crippen LogP contribution in [0.4, 0.5) is 5.95 Å². The van der Waals surface area contributed by atoms with Crippen LogP contribution < -0.4 is 15.4 Å². The van der Waals surface area contributed by atoms with Gasteiger partial charge in [-0.15, -0.1) is 0 Å². The van der Waals surface area contributed by atoms with E-state index in [1.165, 1.54) is 6.92 Å². The van der Waals surface area contributed by atoms with E-state index in [4.69, 9.17) is 14.5 Å². The fourth-order valence-corrected chi connectivity index (χ4v) is 5.19. The quantitative estimate of drug-likeness (QED) is 0.171. The summed E-state index contributed by atoms with van der Waals surface area (Å²) in [5.74, 6) is 1.30. The molecule has 0 spiro atoms. The molecule has 0 amide bonds. The lowest BCUT2D eigenvalue weighted by Gasteiger charge is -2.29. The van der Waals surface area contributed by atoms with E-state index in [0.29, 0.717) is 19.1 Å². The van der Waals surface area contributed by atoms with Crippen molar-refractivity contribution in [1.82, 2.24) is 14.9 Å². The number of anilines is 1. The first-order valence-corrected chi connectivity index (χ1v) is 13.8. The van der Waals surface area contributed by atoms with Crippen molar-refractivity contribution in [1.29, 1.82) is 0 Å². The van der Waals surface area contributed by atoms with Crippen LogP contribution in [0.2, 0.25) is 0 Å². The Kier molecular flexibility index (Phi) is 8.68. The number of nitrogens with one attached hydrogen (secondary N) is 2. The number of aliphatic hydroxyl groups is 3. The van der Waals surface area contributed by atoms with Crippen LogP contribution in [-0.2, 0) is 11.3 Å². The third-order valence-electron chi connectivity index (χ3n) is 7.43. The van der Waals surface area contributed by atoms with Gasteiger partial charge in [0.1, 0.15) is 23.6 Å². The second-order valence-corrected chi connectivity index (χ2v) is 10.4. The summed E-state index contributed by atoms with van der Waals surface area (Å²) in [6.45, 7) is 3.12. The van der Waals surface area contributed by atoms with Gasteiger partial charge in [0.15, 0.2) is 6.23 Å². The Morgan fingerprint density at radius 2 is 1.82 bits per heavy atom. The minimum Gasteiger partial charge on any atom is -0.493 e. The molecule has 4 aromatic rings. The fourth-order valence-electron chi connectivity index (χ4n) is 5.19. The first-order chi connectivity index (χ1) is 19.4. The highest BCUT2D eigenvalue weighted by Gasteiger charge is 2.53. The second kappa shape index (κ2) is 12.4. The molecule has 40 heavy (non-hydrogen) atoms. The molecule has 1 aromatic heterocycles. The topological polar surface area (TPSA) is 121 Å². The van der Waals surface area contributed by atoms with Crippen molar-refractivity contribution in [2.45, 2.75) is 50.3 Å². The number of aliphatic hydroxyl groups excluding tert-OH is 2. The summed E-state index contributed by atoms with van der Waals surface area (Å²) >= 11 is 0. The molecule has 212 valence electrons. The van der Waals surface area contributed by atoms with Crippen molar-refractivity contribution in [2.75, 3.05) is 32.1 Å². The van der Waals surface area contributed by atoms with Gasteiger partial charge >= 0.3 is 0 Å². The zero-order valence-electron chi connectivity index (χ0n) is 23.0. The Morgan fingerprint density at radius 1 is 1.05 bits per heavy atom. The Hall–Kier alpha value is -3.47. The van der Waals surface area contributed by atoms with Gasteiger partial charge in [-0.3, -0.25) is 4.57 Å². The van der Waals surface area contributed by atoms with Crippen molar-refractivity contribution in [3.8, 4) is 16.9 Å². The van der Waals surface area contributed by atoms with Crippen molar-refractivity contribution in [3.63, 3.8) is 0 Å². The highest BCUT2D eigenvalue weighted by molar-refractivity contribution is 5.79. The molecule has 9 heteroatoms. The monoisotopic (exact) mass is 546 g/mol. The van der Waals surface area contributed by atoms with Crippen LogP contribution in [0.15, 0.2) is 72.8 Å². The molecule has 2 heterocycles. The SMILES string of the molecule is CNCCCCOc1cc(CNc2nc3ccccc3n2[C@@H]2O[C@H](CO)[C@@H](O)C2(C)O)ccc1-c1ccccc1. The van der Waals surface area contributed by atoms with Crippen LogP contribution in [0.3, 0.4) is 0 Å². The highest BCUT2D eigenvalue weighted by Crippen LogP contribution is 2.41. The first kappa shape index (κ1) is 28.1. The Labute approximate surface area is 234 Å². The average molecular weight is 547 g/mol. The van der Waals surface area contributed by atoms with Crippen molar-refractivity contribution in [3.05, 3.63) is 78.4 Å². The van der Waals surface area contributed by atoms with Crippen LogP contribution in [0.25, 0.3) is 22.2 Å². The Morgan fingerprint density at radius 3 is 2.58 bits per heavy atom. The first-order valence-electron chi connectivity index (χ1n) is 13.8. The van der Waals surface area contributed by atoms with Gasteiger partial charge < -0.3 is 35.4 Å². The summed E-state index contributed by atoms with van der Waals surface area (Å²) in [6.07, 6.45) is -1.13. The van der Waals surface area contributed by atoms with Gasteiger partial charge in [-0.25, -0.2) is 4.98 Å². The molecule has 3 aromatic carbocycles. The van der Waals surface area contributed by atoms with E-state index in [-0.39, 0.29) is 0 Å². The molecular weight excluding hydrogens is 508 g/mol. The standard InChI is InChI=1S/C31H38N4O5/c1-31(38)28(37)27(20-36)40-29(31)35-25-13-7-6-12-24(25)34-30(35)33-19-21-14-15-23(22-10-4-3-5-11-22)26(18-21)39-17-9-8-16-32-2/h3-7,10-15,18,27-29,32,36-38H,8-9,16-17,19-20H2,1-2H3,(H,33,34)/t27-,28-,29-,31?/m1/s1. The van der Waals surface area contributed by atoms with Crippen molar-refractivity contribution < 1.29 is 24.8 Å². The maximum atomic E-state index is 11.2. The summed E-state index contributed by atoms with van der Waals surface area (Å²) in [6, 6.07) is 23.9. The van der Waals surface area contributed by atoms with E-state index in [1.54, 1.807) is 4.57 Å². The van der Waals surface area contributed by atoms with Gasteiger partial charge in [-0.1, -0.05) is 54.6 Å². The minimum atomic E-state index is -1.64. The zero-order chi connectivity index (χ0) is 28.1. The number of nitrogens with zero attached hydrogens (tertiary/aromatic N) is 2. The van der Waals surface area contributed by atoms with Gasteiger partial charge in [-0.05, 0) is 62.7 Å². The molecule has 4 atom stereocenters. The summed E-state index contributed by atoms with van der Waals surface area (Å²) in [5, 5.41) is 38.1. The van der Waals surface area contributed by atoms with E-state index in [1.807, 2.05) is 55.6 Å². The molecule has 5 N–H and O–H groups in total. The number of hydrogen-bond acceptors (Lipinski definition) is 8.